The third-order valence-electron chi connectivity index (χ3n) is 2.87. The molecule has 0 aliphatic heterocycles. The van der Waals surface area contributed by atoms with Crippen molar-refractivity contribution in [2.45, 2.75) is 0 Å². The lowest BCUT2D eigenvalue weighted by Gasteiger charge is -1.91. The summed E-state index contributed by atoms with van der Waals surface area (Å²) < 4.78 is 0. The molecule has 4 aromatic heterocycles. The van der Waals surface area contributed by atoms with Gasteiger partial charge in [0.15, 0.2) is 0 Å². The van der Waals surface area contributed by atoms with E-state index >= 15 is 0 Å². The van der Waals surface area contributed by atoms with E-state index in [9.17, 15) is 0 Å². The molecule has 0 saturated heterocycles. The summed E-state index contributed by atoms with van der Waals surface area (Å²) in [5.74, 6) is 0. The first-order chi connectivity index (χ1) is 7.92. The van der Waals surface area contributed by atoms with E-state index in [2.05, 4.69) is 32.1 Å². The molecule has 0 spiro atoms. The number of hydrogen-bond donors (Lipinski definition) is 2. The maximum Gasteiger partial charge on any atom is 0.142 e. The highest BCUT2D eigenvalue weighted by Gasteiger charge is 2.07. The van der Waals surface area contributed by atoms with Crippen LogP contribution >= 0.6 is 0 Å². The molecule has 76 valence electrons. The summed E-state index contributed by atoms with van der Waals surface area (Å²) in [6.45, 7) is 0. The second-order valence-electron chi connectivity index (χ2n) is 3.82. The standard InChI is InChI=1S/C12H8N4/c1-2-8-9-6-7-3-5-14-10(7)15-12(9)16-11(8)13-4-1/h1-6H,(H2,13,14,15,16). The highest BCUT2D eigenvalue weighted by Crippen LogP contribution is 2.25. The molecule has 0 bridgehead atoms. The minimum absolute atomic E-state index is 0.878. The van der Waals surface area contributed by atoms with Gasteiger partial charge >= 0.3 is 0 Å². The Kier molecular flexibility index (Phi) is 1.28. The first-order valence-electron chi connectivity index (χ1n) is 5.12. The van der Waals surface area contributed by atoms with E-state index in [4.69, 9.17) is 0 Å². The third kappa shape index (κ3) is 0.883. The number of nitrogens with one attached hydrogen (secondary N) is 2. The SMILES string of the molecule is c1cnc2[nH]c3nc4[nH]ccc4cc3c2c1. The summed E-state index contributed by atoms with van der Waals surface area (Å²) in [5, 5.41) is 3.36. The number of aromatic amines is 2. The van der Waals surface area contributed by atoms with Crippen LogP contribution in [-0.4, -0.2) is 19.9 Å². The molecule has 0 amide bonds. The summed E-state index contributed by atoms with van der Waals surface area (Å²) in [5.41, 5.74) is 2.67. The number of aromatic nitrogens is 4. The molecular weight excluding hydrogens is 200 g/mol. The van der Waals surface area contributed by atoms with Crippen molar-refractivity contribution in [3.63, 3.8) is 0 Å². The maximum absolute atomic E-state index is 4.52. The van der Waals surface area contributed by atoms with Gasteiger partial charge in [-0.15, -0.1) is 0 Å². The first kappa shape index (κ1) is 7.87. The van der Waals surface area contributed by atoms with Gasteiger partial charge in [-0.3, -0.25) is 0 Å². The van der Waals surface area contributed by atoms with Crippen LogP contribution in [0.5, 0.6) is 0 Å². The molecule has 0 saturated carbocycles. The van der Waals surface area contributed by atoms with Gasteiger partial charge in [0.05, 0.1) is 0 Å². The molecule has 4 heteroatoms. The van der Waals surface area contributed by atoms with E-state index < -0.39 is 0 Å². The van der Waals surface area contributed by atoms with Crippen molar-refractivity contribution in [2.75, 3.05) is 0 Å². The Morgan fingerprint density at radius 1 is 1.00 bits per heavy atom. The second-order valence-corrected chi connectivity index (χ2v) is 3.82. The zero-order chi connectivity index (χ0) is 10.5. The van der Waals surface area contributed by atoms with Crippen molar-refractivity contribution < 1.29 is 0 Å². The van der Waals surface area contributed by atoms with Gasteiger partial charge in [0.1, 0.15) is 16.9 Å². The number of fused-ring (bicyclic) bond motifs is 4. The van der Waals surface area contributed by atoms with E-state index in [1.807, 2.05) is 18.3 Å². The molecule has 4 aromatic rings. The largest absolute Gasteiger partial charge is 0.346 e. The van der Waals surface area contributed by atoms with Crippen LogP contribution < -0.4 is 0 Å². The summed E-state index contributed by atoms with van der Waals surface area (Å²) in [7, 11) is 0. The number of hydrogen-bond acceptors (Lipinski definition) is 2. The average molecular weight is 208 g/mol. The maximum atomic E-state index is 4.52. The highest BCUT2D eigenvalue weighted by atomic mass is 15.0. The number of rotatable bonds is 0. The van der Waals surface area contributed by atoms with Gasteiger partial charge in [-0.25, -0.2) is 9.97 Å². The zero-order valence-corrected chi connectivity index (χ0v) is 8.36. The lowest BCUT2D eigenvalue weighted by Crippen LogP contribution is -1.78. The fourth-order valence-corrected chi connectivity index (χ4v) is 2.12. The van der Waals surface area contributed by atoms with Gasteiger partial charge in [0.25, 0.3) is 0 Å². The fraction of sp³-hybridized carbons (Fsp3) is 0. The van der Waals surface area contributed by atoms with Crippen LogP contribution in [0.4, 0.5) is 0 Å². The van der Waals surface area contributed by atoms with Crippen molar-refractivity contribution in [1.82, 2.24) is 19.9 Å². The summed E-state index contributed by atoms with van der Waals surface area (Å²) >= 11 is 0. The first-order valence-corrected chi connectivity index (χ1v) is 5.12. The van der Waals surface area contributed by atoms with E-state index in [0.717, 1.165) is 33.1 Å². The Morgan fingerprint density at radius 3 is 3.00 bits per heavy atom. The summed E-state index contributed by atoms with van der Waals surface area (Å²) in [6.07, 6.45) is 3.68. The third-order valence-corrected chi connectivity index (χ3v) is 2.87. The molecule has 4 rings (SSSR count). The smallest absolute Gasteiger partial charge is 0.142 e. The van der Waals surface area contributed by atoms with Crippen molar-refractivity contribution >= 4 is 33.1 Å². The van der Waals surface area contributed by atoms with Gasteiger partial charge in [-0.1, -0.05) is 0 Å². The predicted molar refractivity (Wildman–Crippen MR) is 63.3 cm³/mol. The van der Waals surface area contributed by atoms with Crippen LogP contribution in [0.2, 0.25) is 0 Å². The molecule has 4 heterocycles. The monoisotopic (exact) mass is 208 g/mol. The number of pyridine rings is 2. The molecule has 2 N–H and O–H groups in total. The van der Waals surface area contributed by atoms with Crippen molar-refractivity contribution in [1.29, 1.82) is 0 Å². The molecular formula is C12H8N4. The van der Waals surface area contributed by atoms with Crippen molar-refractivity contribution in [2.24, 2.45) is 0 Å². The number of H-pyrrole nitrogens is 2. The predicted octanol–water partition coefficient (Wildman–Crippen LogP) is 2.59. The van der Waals surface area contributed by atoms with Gasteiger partial charge < -0.3 is 9.97 Å². The lowest BCUT2D eigenvalue weighted by molar-refractivity contribution is 1.30. The van der Waals surface area contributed by atoms with E-state index in [1.165, 1.54) is 0 Å². The van der Waals surface area contributed by atoms with Crippen LogP contribution in [-0.2, 0) is 0 Å². The van der Waals surface area contributed by atoms with Gasteiger partial charge in [-0.2, -0.15) is 0 Å². The van der Waals surface area contributed by atoms with Gasteiger partial charge in [0, 0.05) is 28.6 Å². The zero-order valence-electron chi connectivity index (χ0n) is 8.36. The molecule has 0 radical (unpaired) electrons. The molecule has 0 aromatic carbocycles. The van der Waals surface area contributed by atoms with Crippen molar-refractivity contribution in [3.8, 4) is 0 Å². The molecule has 0 atom stereocenters. The quantitative estimate of drug-likeness (QED) is 0.466. The minimum Gasteiger partial charge on any atom is -0.346 e. The molecule has 16 heavy (non-hydrogen) atoms. The van der Waals surface area contributed by atoms with E-state index in [-0.39, 0.29) is 0 Å². The summed E-state index contributed by atoms with van der Waals surface area (Å²) in [6, 6.07) is 8.16. The van der Waals surface area contributed by atoms with Crippen LogP contribution in [0.1, 0.15) is 0 Å². The molecule has 0 fully saturated rings. The Bertz CT molecular complexity index is 809. The topological polar surface area (TPSA) is 57.4 Å². The molecule has 0 unspecified atom stereocenters. The number of nitrogens with zero attached hydrogens (tertiary/aromatic N) is 2. The minimum atomic E-state index is 0.878. The Balaban J connectivity index is 2.32. The van der Waals surface area contributed by atoms with Crippen LogP contribution in [0.3, 0.4) is 0 Å². The fourth-order valence-electron chi connectivity index (χ4n) is 2.12. The van der Waals surface area contributed by atoms with Gasteiger partial charge in [0.2, 0.25) is 0 Å². The van der Waals surface area contributed by atoms with Crippen LogP contribution in [0.15, 0.2) is 36.7 Å². The normalized spacial score (nSPS) is 11.8. The Hall–Kier alpha value is -2.36. The lowest BCUT2D eigenvalue weighted by atomic mass is 10.2. The summed E-state index contributed by atoms with van der Waals surface area (Å²) in [4.78, 5) is 15.1. The Morgan fingerprint density at radius 2 is 2.00 bits per heavy atom. The van der Waals surface area contributed by atoms with E-state index in [0.29, 0.717) is 0 Å². The molecule has 4 nitrogen and oxygen atoms in total. The van der Waals surface area contributed by atoms with Crippen LogP contribution in [0, 0.1) is 0 Å². The second kappa shape index (κ2) is 2.61. The Labute approximate surface area is 90.3 Å². The highest BCUT2D eigenvalue weighted by molar-refractivity contribution is 6.07. The van der Waals surface area contributed by atoms with Crippen LogP contribution in [0.25, 0.3) is 33.1 Å². The van der Waals surface area contributed by atoms with E-state index in [1.54, 1.807) is 6.20 Å². The van der Waals surface area contributed by atoms with Gasteiger partial charge in [-0.05, 0) is 24.3 Å². The molecule has 0 aliphatic carbocycles. The molecule has 0 aliphatic rings. The average Bonchev–Trinajstić information content (AvgIpc) is 2.88. The van der Waals surface area contributed by atoms with Crippen molar-refractivity contribution in [3.05, 3.63) is 36.7 Å².